The maximum atomic E-state index is 12.7. The second kappa shape index (κ2) is 9.09. The van der Waals surface area contributed by atoms with Crippen LogP contribution in [0, 0.1) is 0 Å². The zero-order chi connectivity index (χ0) is 22.7. The Balaban J connectivity index is 1.49. The fraction of sp³-hybridized carbons (Fsp3) is 0.0833. The molecular weight excluding hydrogens is 424 g/mol. The van der Waals surface area contributed by atoms with Crippen LogP contribution in [0.2, 0.25) is 0 Å². The Morgan fingerprint density at radius 1 is 0.969 bits per heavy atom. The summed E-state index contributed by atoms with van der Waals surface area (Å²) in [4.78, 5) is 25.8. The zero-order valence-electron chi connectivity index (χ0n) is 17.3. The zero-order valence-corrected chi connectivity index (χ0v) is 18.1. The van der Waals surface area contributed by atoms with Crippen LogP contribution >= 0.6 is 11.3 Å². The van der Waals surface area contributed by atoms with Crippen LogP contribution < -0.4 is 26.8 Å². The molecule has 162 valence electrons. The maximum Gasteiger partial charge on any atom is 0.265 e. The van der Waals surface area contributed by atoms with Gasteiger partial charge in [-0.1, -0.05) is 24.3 Å². The molecule has 7 nitrogen and oxygen atoms in total. The monoisotopic (exact) mass is 446 g/mol. The van der Waals surface area contributed by atoms with Crippen molar-refractivity contribution in [1.82, 2.24) is 0 Å². The number of nitrogens with one attached hydrogen (secondary N) is 2. The van der Waals surface area contributed by atoms with Crippen molar-refractivity contribution in [3.05, 3.63) is 83.2 Å². The van der Waals surface area contributed by atoms with Gasteiger partial charge in [0, 0.05) is 10.4 Å². The lowest BCUT2D eigenvalue weighted by atomic mass is 10.1. The van der Waals surface area contributed by atoms with Crippen molar-refractivity contribution in [2.45, 2.75) is 6.04 Å². The molecule has 0 saturated carbocycles. The average molecular weight is 447 g/mol. The molecule has 0 fully saturated rings. The number of nitrogen functional groups attached to an aromatic ring is 1. The number of rotatable bonds is 6. The van der Waals surface area contributed by atoms with Crippen molar-refractivity contribution in [3.63, 3.8) is 0 Å². The summed E-state index contributed by atoms with van der Waals surface area (Å²) in [5.74, 6) is 0.126. The van der Waals surface area contributed by atoms with E-state index in [-0.39, 0.29) is 11.8 Å². The molecule has 1 atom stereocenters. The van der Waals surface area contributed by atoms with E-state index in [1.165, 1.54) is 11.3 Å². The summed E-state index contributed by atoms with van der Waals surface area (Å²) in [5.41, 5.74) is 14.4. The highest BCUT2D eigenvalue weighted by Gasteiger charge is 2.18. The van der Waals surface area contributed by atoms with E-state index in [0.29, 0.717) is 33.3 Å². The van der Waals surface area contributed by atoms with E-state index in [1.54, 1.807) is 61.7 Å². The van der Waals surface area contributed by atoms with Gasteiger partial charge in [0.1, 0.15) is 11.8 Å². The van der Waals surface area contributed by atoms with Crippen LogP contribution in [0.5, 0.6) is 5.75 Å². The summed E-state index contributed by atoms with van der Waals surface area (Å²) in [7, 11) is 1.58. The Labute approximate surface area is 189 Å². The number of hydrogen-bond acceptors (Lipinski definition) is 6. The number of benzene rings is 3. The number of anilines is 3. The molecule has 8 heteroatoms. The number of carbonyl (C=O) groups is 2. The minimum Gasteiger partial charge on any atom is -0.497 e. The van der Waals surface area contributed by atoms with Crippen molar-refractivity contribution in [2.24, 2.45) is 5.73 Å². The standard InChI is InChI=1S/C24H22N4O3S/c1-31-17-10-8-16(9-11-17)27-24(30)22(26)15-7-6-14-12-21(32-20(14)13-15)23(29)28-19-5-3-2-4-18(19)25/h2-13,22H,25-26H2,1H3,(H,27,30)(H,28,29). The molecule has 0 aliphatic rings. The number of amides is 2. The Morgan fingerprint density at radius 3 is 2.44 bits per heavy atom. The van der Waals surface area contributed by atoms with E-state index in [1.807, 2.05) is 18.2 Å². The largest absolute Gasteiger partial charge is 0.497 e. The molecule has 4 aromatic rings. The quantitative estimate of drug-likeness (QED) is 0.328. The predicted molar refractivity (Wildman–Crippen MR) is 129 cm³/mol. The molecule has 4 rings (SSSR count). The van der Waals surface area contributed by atoms with Crippen molar-refractivity contribution < 1.29 is 14.3 Å². The fourth-order valence-electron chi connectivity index (χ4n) is 3.19. The lowest BCUT2D eigenvalue weighted by Gasteiger charge is -2.13. The number of para-hydroxylation sites is 2. The molecule has 3 aromatic carbocycles. The highest BCUT2D eigenvalue weighted by molar-refractivity contribution is 7.20. The van der Waals surface area contributed by atoms with E-state index in [0.717, 1.165) is 10.1 Å². The third-order valence-electron chi connectivity index (χ3n) is 4.98. The summed E-state index contributed by atoms with van der Waals surface area (Å²) in [5, 5.41) is 6.53. The first-order valence-electron chi connectivity index (χ1n) is 9.84. The third-order valence-corrected chi connectivity index (χ3v) is 6.07. The van der Waals surface area contributed by atoms with Gasteiger partial charge in [0.25, 0.3) is 5.91 Å². The fourth-order valence-corrected chi connectivity index (χ4v) is 4.20. The summed E-state index contributed by atoms with van der Waals surface area (Å²) >= 11 is 1.33. The number of fused-ring (bicyclic) bond motifs is 1. The SMILES string of the molecule is COc1ccc(NC(=O)C(N)c2ccc3cc(C(=O)Nc4ccccc4N)sc3c2)cc1. The molecule has 0 spiro atoms. The van der Waals surface area contributed by atoms with Crippen molar-refractivity contribution in [1.29, 1.82) is 0 Å². The Kier molecular flexibility index (Phi) is 6.07. The number of ether oxygens (including phenoxy) is 1. The van der Waals surface area contributed by atoms with Crippen LogP contribution in [0.1, 0.15) is 21.3 Å². The molecule has 0 saturated heterocycles. The molecule has 0 aliphatic carbocycles. The van der Waals surface area contributed by atoms with Gasteiger partial charge in [-0.15, -0.1) is 11.3 Å². The molecular formula is C24H22N4O3S. The second-order valence-electron chi connectivity index (χ2n) is 7.14. The highest BCUT2D eigenvalue weighted by Crippen LogP contribution is 2.30. The molecule has 1 unspecified atom stereocenters. The van der Waals surface area contributed by atoms with Gasteiger partial charge in [0.05, 0.1) is 23.4 Å². The van der Waals surface area contributed by atoms with Crippen LogP contribution in [0.3, 0.4) is 0 Å². The smallest absolute Gasteiger partial charge is 0.265 e. The molecule has 0 bridgehead atoms. The summed E-state index contributed by atoms with van der Waals surface area (Å²) < 4.78 is 5.98. The first kappa shape index (κ1) is 21.4. The predicted octanol–water partition coefficient (Wildman–Crippen LogP) is 4.38. The van der Waals surface area contributed by atoms with Crippen LogP contribution in [-0.4, -0.2) is 18.9 Å². The first-order chi connectivity index (χ1) is 15.4. The van der Waals surface area contributed by atoms with E-state index in [4.69, 9.17) is 16.2 Å². The van der Waals surface area contributed by atoms with Crippen molar-refractivity contribution in [2.75, 3.05) is 23.5 Å². The molecule has 6 N–H and O–H groups in total. The van der Waals surface area contributed by atoms with Crippen LogP contribution in [0.4, 0.5) is 17.1 Å². The second-order valence-corrected chi connectivity index (χ2v) is 8.23. The van der Waals surface area contributed by atoms with Gasteiger partial charge in [0.2, 0.25) is 5.91 Å². The molecule has 1 aromatic heterocycles. The number of hydrogen-bond donors (Lipinski definition) is 4. The normalized spacial score (nSPS) is 11.7. The maximum absolute atomic E-state index is 12.7. The van der Waals surface area contributed by atoms with Crippen molar-refractivity contribution in [3.8, 4) is 5.75 Å². The minimum absolute atomic E-state index is 0.243. The van der Waals surface area contributed by atoms with E-state index < -0.39 is 6.04 Å². The third kappa shape index (κ3) is 4.56. The van der Waals surface area contributed by atoms with Crippen LogP contribution in [0.25, 0.3) is 10.1 Å². The van der Waals surface area contributed by atoms with Gasteiger partial charge >= 0.3 is 0 Å². The Bertz CT molecular complexity index is 1280. The lowest BCUT2D eigenvalue weighted by molar-refractivity contribution is -0.117. The van der Waals surface area contributed by atoms with Gasteiger partial charge in [-0.3, -0.25) is 9.59 Å². The first-order valence-corrected chi connectivity index (χ1v) is 10.7. The Morgan fingerprint density at radius 2 is 1.72 bits per heavy atom. The van der Waals surface area contributed by atoms with Gasteiger partial charge in [-0.2, -0.15) is 0 Å². The van der Waals surface area contributed by atoms with E-state index in [9.17, 15) is 9.59 Å². The number of thiophene rings is 1. The van der Waals surface area contributed by atoms with Crippen LogP contribution in [0.15, 0.2) is 72.8 Å². The van der Waals surface area contributed by atoms with E-state index in [2.05, 4.69) is 10.6 Å². The number of nitrogens with two attached hydrogens (primary N) is 2. The van der Waals surface area contributed by atoms with Gasteiger partial charge in [-0.25, -0.2) is 0 Å². The van der Waals surface area contributed by atoms with Gasteiger partial charge in [-0.05, 0) is 59.5 Å². The average Bonchev–Trinajstić information content (AvgIpc) is 3.24. The molecule has 0 radical (unpaired) electrons. The van der Waals surface area contributed by atoms with Gasteiger partial charge in [0.15, 0.2) is 0 Å². The summed E-state index contributed by atoms with van der Waals surface area (Å²) in [6, 6.07) is 20.5. The van der Waals surface area contributed by atoms with Crippen LogP contribution in [-0.2, 0) is 4.79 Å². The minimum atomic E-state index is -0.856. The highest BCUT2D eigenvalue weighted by atomic mass is 32.1. The van der Waals surface area contributed by atoms with Crippen molar-refractivity contribution >= 4 is 50.3 Å². The molecule has 32 heavy (non-hydrogen) atoms. The Hall–Kier alpha value is -3.88. The molecule has 0 aliphatic heterocycles. The summed E-state index contributed by atoms with van der Waals surface area (Å²) in [6.45, 7) is 0. The molecule has 1 heterocycles. The summed E-state index contributed by atoms with van der Waals surface area (Å²) in [6.07, 6.45) is 0. The van der Waals surface area contributed by atoms with E-state index >= 15 is 0 Å². The molecule has 2 amide bonds. The number of carbonyl (C=O) groups excluding carboxylic acids is 2. The van der Waals surface area contributed by atoms with Gasteiger partial charge < -0.3 is 26.8 Å². The topological polar surface area (TPSA) is 119 Å². The lowest BCUT2D eigenvalue weighted by Crippen LogP contribution is -2.27. The number of methoxy groups -OCH3 is 1.